The number of imidazole rings is 1. The highest BCUT2D eigenvalue weighted by Crippen LogP contribution is 2.34. The minimum Gasteiger partial charge on any atom is -0.493 e. The lowest BCUT2D eigenvalue weighted by atomic mass is 10.1. The first-order chi connectivity index (χ1) is 17.1. The number of pyridine rings is 1. The first kappa shape index (κ1) is 25.0. The molecule has 13 heteroatoms. The maximum Gasteiger partial charge on any atom is 0.223 e. The van der Waals surface area contributed by atoms with Crippen molar-refractivity contribution in [1.82, 2.24) is 29.6 Å². The van der Waals surface area contributed by atoms with Gasteiger partial charge in [0.1, 0.15) is 17.3 Å². The highest BCUT2D eigenvalue weighted by atomic mass is 32.2. The molecule has 0 saturated carbocycles. The van der Waals surface area contributed by atoms with Crippen LogP contribution in [0.1, 0.15) is 6.92 Å². The number of nitrogens with two attached hydrogens (primary N) is 1. The lowest BCUT2D eigenvalue weighted by Gasteiger charge is -2.13. The number of nitrogens with one attached hydrogen (secondary N) is 3. The van der Waals surface area contributed by atoms with Gasteiger partial charge in [0.05, 0.1) is 24.8 Å². The van der Waals surface area contributed by atoms with Crippen molar-refractivity contribution in [2.75, 3.05) is 31.0 Å². The number of halogens is 1. The van der Waals surface area contributed by atoms with Gasteiger partial charge in [0, 0.05) is 36.1 Å². The predicted molar refractivity (Wildman–Crippen MR) is 135 cm³/mol. The molecule has 3 heterocycles. The molecule has 0 bridgehead atoms. The predicted octanol–water partition coefficient (Wildman–Crippen LogP) is 2.68. The summed E-state index contributed by atoms with van der Waals surface area (Å²) in [5, 5.41) is 3.03. The van der Waals surface area contributed by atoms with Gasteiger partial charge >= 0.3 is 0 Å². The van der Waals surface area contributed by atoms with E-state index in [1.165, 1.54) is 19.2 Å². The van der Waals surface area contributed by atoms with Crippen molar-refractivity contribution in [3.05, 3.63) is 54.6 Å². The largest absolute Gasteiger partial charge is 0.493 e. The maximum absolute atomic E-state index is 13.5. The van der Waals surface area contributed by atoms with Crippen molar-refractivity contribution in [2.45, 2.75) is 13.0 Å². The summed E-state index contributed by atoms with van der Waals surface area (Å²) in [5.74, 6) is 1.07. The van der Waals surface area contributed by atoms with Crippen LogP contribution in [0.15, 0.2) is 48.8 Å². The molecule has 1 atom stereocenters. The van der Waals surface area contributed by atoms with Crippen LogP contribution in [0.5, 0.6) is 5.75 Å². The zero-order valence-corrected chi connectivity index (χ0v) is 20.6. The van der Waals surface area contributed by atoms with Gasteiger partial charge in [-0.2, -0.15) is 0 Å². The Bertz CT molecular complexity index is 1480. The number of ether oxygens (including phenoxy) is 1. The average molecular weight is 513 g/mol. The highest BCUT2D eigenvalue weighted by Gasteiger charge is 2.19. The van der Waals surface area contributed by atoms with Crippen LogP contribution >= 0.6 is 0 Å². The lowest BCUT2D eigenvalue weighted by molar-refractivity contribution is 0.415. The van der Waals surface area contributed by atoms with Gasteiger partial charge in [-0.3, -0.25) is 0 Å². The summed E-state index contributed by atoms with van der Waals surface area (Å²) in [6.45, 7) is 1.99. The van der Waals surface area contributed by atoms with E-state index in [-0.39, 0.29) is 24.2 Å². The topological polar surface area (TPSA) is 161 Å². The van der Waals surface area contributed by atoms with E-state index in [0.29, 0.717) is 45.7 Å². The smallest absolute Gasteiger partial charge is 0.223 e. The number of anilines is 2. The zero-order valence-electron chi connectivity index (χ0n) is 19.8. The van der Waals surface area contributed by atoms with Crippen molar-refractivity contribution in [1.29, 1.82) is 0 Å². The number of H-pyrrole nitrogens is 1. The third-order valence-corrected chi connectivity index (χ3v) is 5.92. The molecule has 0 aliphatic heterocycles. The van der Waals surface area contributed by atoms with Crippen LogP contribution in [0.4, 0.5) is 16.2 Å². The van der Waals surface area contributed by atoms with E-state index < -0.39 is 10.0 Å². The quantitative estimate of drug-likeness (QED) is 0.264. The third-order valence-electron chi connectivity index (χ3n) is 5.09. The Balaban J connectivity index is 1.73. The standard InChI is InChI=1S/C23H25FN8O3S/c1-13(32-36(3,33)34)11-28-23-26-9-8-17(29-23)20-19(15-10-18(35-2)21(25)27-12-15)30-22(31-20)14-4-6-16(24)7-5-14/h4-10,12-13,32H,11H2,1-3H3,(H2,25,27)(H,30,31)(H,26,28,29). The van der Waals surface area contributed by atoms with E-state index >= 15 is 0 Å². The molecule has 4 rings (SSSR count). The fourth-order valence-corrected chi connectivity index (χ4v) is 4.31. The first-order valence-electron chi connectivity index (χ1n) is 10.8. The average Bonchev–Trinajstić information content (AvgIpc) is 3.28. The van der Waals surface area contributed by atoms with Crippen LogP contribution in [-0.2, 0) is 10.0 Å². The molecule has 4 aromatic rings. The normalized spacial score (nSPS) is 12.3. The second-order valence-electron chi connectivity index (χ2n) is 8.06. The Labute approximate surface area is 207 Å². The Morgan fingerprint density at radius 3 is 2.58 bits per heavy atom. The number of rotatable bonds is 9. The van der Waals surface area contributed by atoms with Crippen LogP contribution in [0.25, 0.3) is 34.0 Å². The summed E-state index contributed by atoms with van der Waals surface area (Å²) in [4.78, 5) is 21.0. The summed E-state index contributed by atoms with van der Waals surface area (Å²) in [5.41, 5.74) is 8.79. The Kier molecular flexibility index (Phi) is 7.12. The number of aromatic nitrogens is 5. The molecule has 0 fully saturated rings. The van der Waals surface area contributed by atoms with Crippen LogP contribution < -0.4 is 20.5 Å². The Morgan fingerprint density at radius 2 is 1.89 bits per heavy atom. The van der Waals surface area contributed by atoms with Gasteiger partial charge in [-0.1, -0.05) is 0 Å². The maximum atomic E-state index is 13.5. The lowest BCUT2D eigenvalue weighted by Crippen LogP contribution is -2.36. The number of benzene rings is 1. The second-order valence-corrected chi connectivity index (χ2v) is 9.84. The van der Waals surface area contributed by atoms with E-state index in [1.54, 1.807) is 43.6 Å². The molecule has 1 aromatic carbocycles. The molecule has 5 N–H and O–H groups in total. The molecular formula is C23H25FN8O3S. The van der Waals surface area contributed by atoms with Crippen molar-refractivity contribution in [3.63, 3.8) is 0 Å². The molecule has 1 unspecified atom stereocenters. The van der Waals surface area contributed by atoms with Gasteiger partial charge in [0.15, 0.2) is 11.6 Å². The van der Waals surface area contributed by atoms with Gasteiger partial charge in [-0.15, -0.1) is 0 Å². The minimum absolute atomic E-state index is 0.238. The summed E-state index contributed by atoms with van der Waals surface area (Å²) < 4.78 is 44.2. The molecule has 0 amide bonds. The van der Waals surface area contributed by atoms with Crippen molar-refractivity contribution in [3.8, 4) is 39.8 Å². The Morgan fingerprint density at radius 1 is 1.14 bits per heavy atom. The van der Waals surface area contributed by atoms with Crippen LogP contribution in [0, 0.1) is 5.82 Å². The third kappa shape index (κ3) is 5.93. The first-order valence-corrected chi connectivity index (χ1v) is 12.7. The number of sulfonamides is 1. The highest BCUT2D eigenvalue weighted by molar-refractivity contribution is 7.88. The van der Waals surface area contributed by atoms with Gasteiger partial charge in [0.25, 0.3) is 0 Å². The van der Waals surface area contributed by atoms with Crippen molar-refractivity contribution >= 4 is 21.8 Å². The number of hydrogen-bond donors (Lipinski definition) is 4. The molecule has 0 aliphatic carbocycles. The monoisotopic (exact) mass is 512 g/mol. The molecule has 36 heavy (non-hydrogen) atoms. The van der Waals surface area contributed by atoms with E-state index in [0.717, 1.165) is 6.26 Å². The fourth-order valence-electron chi connectivity index (χ4n) is 3.49. The number of aromatic amines is 1. The van der Waals surface area contributed by atoms with E-state index in [1.807, 2.05) is 0 Å². The van der Waals surface area contributed by atoms with Gasteiger partial charge in [-0.05, 0) is 43.3 Å². The molecule has 11 nitrogen and oxygen atoms in total. The van der Waals surface area contributed by atoms with Crippen LogP contribution in [-0.4, -0.2) is 59.3 Å². The molecule has 3 aromatic heterocycles. The number of nitrogens with zero attached hydrogens (tertiary/aromatic N) is 4. The van der Waals surface area contributed by atoms with Gasteiger partial charge < -0.3 is 20.8 Å². The Hall–Kier alpha value is -4.10. The van der Waals surface area contributed by atoms with E-state index in [2.05, 4.69) is 30.0 Å². The molecular weight excluding hydrogens is 487 g/mol. The van der Waals surface area contributed by atoms with Crippen molar-refractivity contribution < 1.29 is 17.5 Å². The summed E-state index contributed by atoms with van der Waals surface area (Å²) >= 11 is 0. The number of nitrogen functional groups attached to an aromatic ring is 1. The molecule has 0 spiro atoms. The van der Waals surface area contributed by atoms with Gasteiger partial charge in [0.2, 0.25) is 16.0 Å². The second kappa shape index (κ2) is 10.3. The molecule has 0 aliphatic rings. The zero-order chi connectivity index (χ0) is 25.9. The number of methoxy groups -OCH3 is 1. The molecule has 0 radical (unpaired) electrons. The van der Waals surface area contributed by atoms with Crippen molar-refractivity contribution in [2.24, 2.45) is 0 Å². The van der Waals surface area contributed by atoms with E-state index in [9.17, 15) is 12.8 Å². The SMILES string of the molecule is COc1cc(-c2nc(-c3ccc(F)cc3)[nH]c2-c2ccnc(NCC(C)NS(C)(=O)=O)n2)cnc1N. The summed E-state index contributed by atoms with van der Waals surface area (Å²) in [6, 6.07) is 8.98. The summed E-state index contributed by atoms with van der Waals surface area (Å²) in [6.07, 6.45) is 4.24. The van der Waals surface area contributed by atoms with Gasteiger partial charge in [-0.25, -0.2) is 37.5 Å². The summed E-state index contributed by atoms with van der Waals surface area (Å²) in [7, 11) is -1.85. The molecule has 188 valence electrons. The number of hydrogen-bond acceptors (Lipinski definition) is 9. The molecule has 0 saturated heterocycles. The van der Waals surface area contributed by atoms with E-state index in [4.69, 9.17) is 15.5 Å². The van der Waals surface area contributed by atoms with Crippen LogP contribution in [0.3, 0.4) is 0 Å². The fraction of sp³-hybridized carbons (Fsp3) is 0.217. The minimum atomic E-state index is -3.34. The van der Waals surface area contributed by atoms with Crippen LogP contribution in [0.2, 0.25) is 0 Å².